The lowest BCUT2D eigenvalue weighted by Gasteiger charge is -2.22. The summed E-state index contributed by atoms with van der Waals surface area (Å²) in [6, 6.07) is 22.6. The maximum Gasteiger partial charge on any atom is 0.423 e. The molecule has 13 nitrogen and oxygen atoms in total. The number of nitrogens with zero attached hydrogens (tertiary/aromatic N) is 2. The summed E-state index contributed by atoms with van der Waals surface area (Å²) in [6.45, 7) is 2.60. The maximum atomic E-state index is 13.2. The van der Waals surface area contributed by atoms with E-state index in [1.807, 2.05) is 6.07 Å². The molecular weight excluding hydrogens is 847 g/mol. The number of rotatable bonds is 12. The van der Waals surface area contributed by atoms with Crippen molar-refractivity contribution in [2.24, 2.45) is 0 Å². The zero-order chi connectivity index (χ0) is 43.7. The second-order valence-corrected chi connectivity index (χ2v) is 17.6. The van der Waals surface area contributed by atoms with Gasteiger partial charge in [0.05, 0.1) is 27.1 Å². The molecule has 0 amide bonds. The minimum Gasteiger partial charge on any atom is -0.383 e. The molecule has 4 N–H and O–H groups in total. The first kappa shape index (κ1) is 47.0. The number of hydrogen-bond donors (Lipinski definition) is 4. The lowest BCUT2D eigenvalue weighted by Crippen LogP contribution is -2.32. The van der Waals surface area contributed by atoms with Crippen molar-refractivity contribution < 1.29 is 59.0 Å². The molecule has 21 heteroatoms. The fraction of sp³-hybridized carbons (Fsp3) is 0.282. The third kappa shape index (κ3) is 11.3. The predicted molar refractivity (Wildman–Crippen MR) is 213 cm³/mol. The molecule has 0 aliphatic heterocycles. The molecule has 0 aliphatic carbocycles. The average molecular weight is 885 g/mol. The topological polar surface area (TPSA) is 210 Å². The monoisotopic (exact) mass is 884 g/mol. The van der Waals surface area contributed by atoms with E-state index in [0.29, 0.717) is 17.7 Å². The fourth-order valence-electron chi connectivity index (χ4n) is 6.26. The fourth-order valence-corrected chi connectivity index (χ4v) is 9.52. The van der Waals surface area contributed by atoms with Crippen molar-refractivity contribution in [3.05, 3.63) is 151 Å². The lowest BCUT2D eigenvalue weighted by atomic mass is 10.1. The molecule has 0 fully saturated rings. The van der Waals surface area contributed by atoms with E-state index in [9.17, 15) is 69.4 Å². The molecule has 0 aliphatic rings. The normalized spacial score (nSPS) is 14.6. The lowest BCUT2D eigenvalue weighted by molar-refractivity contribution is -0.388. The van der Waals surface area contributed by atoms with E-state index in [1.54, 1.807) is 54.6 Å². The van der Waals surface area contributed by atoms with E-state index < -0.39 is 82.3 Å². The van der Waals surface area contributed by atoms with Gasteiger partial charge < -0.3 is 20.2 Å². The van der Waals surface area contributed by atoms with E-state index in [1.165, 1.54) is 26.0 Å². The molecule has 3 unspecified atom stereocenters. The summed E-state index contributed by atoms with van der Waals surface area (Å²) < 4.78 is 116. The highest BCUT2D eigenvalue weighted by molar-refractivity contribution is 7.90. The molecule has 4 aromatic carbocycles. The average Bonchev–Trinajstić information content (AvgIpc) is 3.75. The second kappa shape index (κ2) is 17.5. The molecule has 322 valence electrons. The summed E-state index contributed by atoms with van der Waals surface area (Å²) in [5.41, 5.74) is -7.31. The number of benzene rings is 4. The summed E-state index contributed by atoms with van der Waals surface area (Å²) in [6.07, 6.45) is -9.86. The van der Waals surface area contributed by atoms with Crippen molar-refractivity contribution >= 4 is 53.8 Å². The first-order valence-electron chi connectivity index (χ1n) is 17.1. The Morgan fingerprint density at radius 3 is 1.47 bits per heavy atom. The SMILES string of the molecule is C.CC(O)(CS(=O)(=O)Cc1ccccc1)c1cc2cc([N+](=O)[O-])c(C(F)(F)F)cc2[nH]1.CC(O)(CS(=O)Cc1ccccc1)c1cc2cc([N+](=O)[O-])c(C(F)(F)F)cc2[nH]1. The summed E-state index contributed by atoms with van der Waals surface area (Å²) in [4.78, 5) is 25.1. The number of H-pyrrole nitrogens is 2. The van der Waals surface area contributed by atoms with Crippen molar-refractivity contribution in [2.45, 2.75) is 56.3 Å². The van der Waals surface area contributed by atoms with Crippen LogP contribution in [0.5, 0.6) is 0 Å². The molecule has 3 atom stereocenters. The van der Waals surface area contributed by atoms with Crippen molar-refractivity contribution in [1.29, 1.82) is 0 Å². The molecule has 6 rings (SSSR count). The van der Waals surface area contributed by atoms with Gasteiger partial charge in [0.2, 0.25) is 0 Å². The molecule has 0 bridgehead atoms. The Hall–Kier alpha value is -5.64. The van der Waals surface area contributed by atoms with Crippen LogP contribution in [-0.4, -0.2) is 54.2 Å². The Labute approximate surface area is 340 Å². The van der Waals surface area contributed by atoms with Crippen molar-refractivity contribution in [3.63, 3.8) is 0 Å². The number of nitro benzene ring substituents is 2. The first-order chi connectivity index (χ1) is 27.3. The first-order valence-corrected chi connectivity index (χ1v) is 20.4. The number of nitro groups is 2. The summed E-state index contributed by atoms with van der Waals surface area (Å²) in [7, 11) is -5.24. The molecule has 6 aromatic rings. The van der Waals surface area contributed by atoms with Gasteiger partial charge in [0.1, 0.15) is 22.3 Å². The minimum atomic E-state index is -4.95. The Bertz CT molecular complexity index is 2650. The predicted octanol–water partition coefficient (Wildman–Crippen LogP) is 8.80. The molecule has 0 spiro atoms. The van der Waals surface area contributed by atoms with Crippen molar-refractivity contribution in [3.8, 4) is 0 Å². The van der Waals surface area contributed by atoms with E-state index in [4.69, 9.17) is 0 Å². The summed E-state index contributed by atoms with van der Waals surface area (Å²) in [5.74, 6) is -0.978. The van der Waals surface area contributed by atoms with Gasteiger partial charge in [-0.2, -0.15) is 26.3 Å². The van der Waals surface area contributed by atoms with Gasteiger partial charge in [-0.15, -0.1) is 0 Å². The molecular formula is C39H38F6N4O9S2. The number of sulfone groups is 1. The number of hydrogen-bond acceptors (Lipinski definition) is 9. The van der Waals surface area contributed by atoms with Gasteiger partial charge in [0, 0.05) is 61.9 Å². The Kier molecular flexibility index (Phi) is 13.7. The van der Waals surface area contributed by atoms with Crippen LogP contribution in [0.3, 0.4) is 0 Å². The largest absolute Gasteiger partial charge is 0.423 e. The molecule has 60 heavy (non-hydrogen) atoms. The molecule has 2 aromatic heterocycles. The smallest absolute Gasteiger partial charge is 0.383 e. The van der Waals surface area contributed by atoms with E-state index in [-0.39, 0.29) is 57.9 Å². The summed E-state index contributed by atoms with van der Waals surface area (Å²) >= 11 is 0. The summed E-state index contributed by atoms with van der Waals surface area (Å²) in [5, 5.41) is 43.8. The van der Waals surface area contributed by atoms with E-state index >= 15 is 0 Å². The van der Waals surface area contributed by atoms with Crippen LogP contribution in [0.1, 0.15) is 54.9 Å². The van der Waals surface area contributed by atoms with Gasteiger partial charge >= 0.3 is 12.4 Å². The standard InChI is InChI=1S/C19H17F3N2O5S.C19H17F3N2O4S.CH4/c1-18(25,11-30(28,29)10-12-5-3-2-4-6-12)17-8-13-7-16(24(26)27)14(19(20,21)22)9-15(13)23-17;1-18(25,11-29(28)10-12-5-3-2-4-6-12)17-8-13-7-16(24(26)27)14(19(20,21)22)9-15(13)23-17;/h2-9,23,25H,10-11H2,1H3;2-9,23,25H,10-11H2,1H3;1H4. The van der Waals surface area contributed by atoms with Gasteiger partial charge in [0.25, 0.3) is 11.4 Å². The van der Waals surface area contributed by atoms with Crippen LogP contribution in [-0.2, 0) is 55.7 Å². The highest BCUT2D eigenvalue weighted by Crippen LogP contribution is 2.41. The number of nitrogens with one attached hydrogen (secondary N) is 2. The van der Waals surface area contributed by atoms with Crippen molar-refractivity contribution in [1.82, 2.24) is 9.97 Å². The van der Waals surface area contributed by atoms with E-state index in [2.05, 4.69) is 9.97 Å². The highest BCUT2D eigenvalue weighted by Gasteiger charge is 2.41. The number of aliphatic hydroxyl groups is 2. The van der Waals surface area contributed by atoms with Crippen LogP contribution >= 0.6 is 0 Å². The van der Waals surface area contributed by atoms with Gasteiger partial charge in [0.15, 0.2) is 9.84 Å². The van der Waals surface area contributed by atoms with Gasteiger partial charge in [-0.3, -0.25) is 24.4 Å². The van der Waals surface area contributed by atoms with Crippen molar-refractivity contribution in [2.75, 3.05) is 11.5 Å². The van der Waals surface area contributed by atoms with Gasteiger partial charge in [-0.1, -0.05) is 68.1 Å². The second-order valence-electron chi connectivity index (χ2n) is 14.1. The van der Waals surface area contributed by atoms with Gasteiger partial charge in [-0.25, -0.2) is 8.42 Å². The van der Waals surface area contributed by atoms with E-state index in [0.717, 1.165) is 17.7 Å². The van der Waals surface area contributed by atoms with Crippen LogP contribution in [0, 0.1) is 20.2 Å². The van der Waals surface area contributed by atoms with Crippen LogP contribution < -0.4 is 0 Å². The number of fused-ring (bicyclic) bond motifs is 2. The number of aromatic amines is 2. The molecule has 0 saturated heterocycles. The third-order valence-electron chi connectivity index (χ3n) is 8.98. The molecule has 0 radical (unpaired) electrons. The van der Waals surface area contributed by atoms with Gasteiger partial charge in [-0.05, 0) is 49.2 Å². The van der Waals surface area contributed by atoms with Crippen LogP contribution in [0.4, 0.5) is 37.7 Å². The van der Waals surface area contributed by atoms with Crippen LogP contribution in [0.25, 0.3) is 21.8 Å². The number of aromatic nitrogens is 2. The Morgan fingerprint density at radius 1 is 0.667 bits per heavy atom. The zero-order valence-corrected chi connectivity index (χ0v) is 32.4. The number of alkyl halides is 6. The van der Waals surface area contributed by atoms with Crippen LogP contribution in [0.15, 0.2) is 97.1 Å². The molecule has 2 heterocycles. The highest BCUT2D eigenvalue weighted by atomic mass is 32.2. The molecule has 0 saturated carbocycles. The Balaban J connectivity index is 0.000000260. The third-order valence-corrected chi connectivity index (χ3v) is 12.3. The zero-order valence-electron chi connectivity index (χ0n) is 30.8. The minimum absolute atomic E-state index is 0. The maximum absolute atomic E-state index is 13.2. The van der Waals surface area contributed by atoms with Crippen LogP contribution in [0.2, 0.25) is 0 Å². The quantitative estimate of drug-likeness (QED) is 0.0525. The Morgan fingerprint density at radius 2 is 1.07 bits per heavy atom. The number of halogens is 6.